The fourth-order valence-electron chi connectivity index (χ4n) is 1.12. The molecule has 0 amide bonds. The van der Waals surface area contributed by atoms with Crippen molar-refractivity contribution in [2.45, 2.75) is 13.1 Å². The quantitative estimate of drug-likeness (QED) is 0.489. The largest absolute Gasteiger partial charge is 0.417 e. The second kappa shape index (κ2) is 3.99. The molecule has 0 aliphatic heterocycles. The van der Waals surface area contributed by atoms with E-state index < -0.39 is 17.5 Å². The Morgan fingerprint density at radius 1 is 1.40 bits per heavy atom. The molecule has 6 heteroatoms. The molecule has 0 saturated carbocycles. The minimum absolute atomic E-state index is 0.175. The lowest BCUT2D eigenvalue weighted by Crippen LogP contribution is -2.13. The summed E-state index contributed by atoms with van der Waals surface area (Å²) < 4.78 is 37.9. The van der Waals surface area contributed by atoms with Gasteiger partial charge in [0, 0.05) is 14.8 Å². The molecule has 0 saturated heterocycles. The molecule has 0 bridgehead atoms. The number of halogens is 4. The van der Waals surface area contributed by atoms with Gasteiger partial charge in [-0.3, -0.25) is 4.79 Å². The average molecular weight is 329 g/mol. The SMILES string of the molecule is CC(=O)c1cc(N)c(I)cc1C(F)(F)F. The van der Waals surface area contributed by atoms with Gasteiger partial charge in [-0.1, -0.05) is 0 Å². The Labute approximate surface area is 97.8 Å². The third kappa shape index (κ3) is 2.61. The van der Waals surface area contributed by atoms with E-state index in [1.54, 1.807) is 22.6 Å². The van der Waals surface area contributed by atoms with Gasteiger partial charge in [-0.15, -0.1) is 0 Å². The van der Waals surface area contributed by atoms with Crippen molar-refractivity contribution in [1.29, 1.82) is 0 Å². The lowest BCUT2D eigenvalue weighted by Gasteiger charge is -2.12. The van der Waals surface area contributed by atoms with Crippen molar-refractivity contribution >= 4 is 34.1 Å². The van der Waals surface area contributed by atoms with Gasteiger partial charge < -0.3 is 5.73 Å². The van der Waals surface area contributed by atoms with Crippen LogP contribution in [0.4, 0.5) is 18.9 Å². The van der Waals surface area contributed by atoms with Crippen molar-refractivity contribution < 1.29 is 18.0 Å². The maximum atomic E-state index is 12.5. The van der Waals surface area contributed by atoms with Crippen LogP contribution in [-0.4, -0.2) is 5.78 Å². The van der Waals surface area contributed by atoms with Crippen LogP contribution in [0.3, 0.4) is 0 Å². The van der Waals surface area contributed by atoms with E-state index in [4.69, 9.17) is 5.73 Å². The number of Topliss-reactive ketones (excluding diaryl/α,β-unsaturated/α-hetero) is 1. The molecular weight excluding hydrogens is 322 g/mol. The minimum atomic E-state index is -4.53. The first-order chi connectivity index (χ1) is 6.73. The van der Waals surface area contributed by atoms with E-state index in [2.05, 4.69) is 0 Å². The lowest BCUT2D eigenvalue weighted by atomic mass is 10.0. The molecule has 0 unspecified atom stereocenters. The highest BCUT2D eigenvalue weighted by Crippen LogP contribution is 2.35. The van der Waals surface area contributed by atoms with Crippen molar-refractivity contribution in [2.75, 3.05) is 5.73 Å². The first-order valence-corrected chi connectivity index (χ1v) is 4.98. The molecule has 0 spiro atoms. The van der Waals surface area contributed by atoms with Gasteiger partial charge in [-0.2, -0.15) is 13.2 Å². The molecule has 1 aromatic rings. The zero-order chi connectivity index (χ0) is 11.8. The van der Waals surface area contributed by atoms with Gasteiger partial charge in [0.2, 0.25) is 0 Å². The summed E-state index contributed by atoms with van der Waals surface area (Å²) in [6.07, 6.45) is -4.53. The molecule has 2 nitrogen and oxygen atoms in total. The first kappa shape index (κ1) is 12.3. The van der Waals surface area contributed by atoms with E-state index in [9.17, 15) is 18.0 Å². The molecule has 0 atom stereocenters. The number of nitrogen functional groups attached to an aromatic ring is 1. The van der Waals surface area contributed by atoms with Crippen LogP contribution >= 0.6 is 22.6 Å². The van der Waals surface area contributed by atoms with Crippen molar-refractivity contribution in [1.82, 2.24) is 0 Å². The molecular formula is C9H7F3INO. The monoisotopic (exact) mass is 329 g/mol. The van der Waals surface area contributed by atoms with Gasteiger partial charge in [0.05, 0.1) is 5.56 Å². The number of ketones is 1. The van der Waals surface area contributed by atoms with Crippen molar-refractivity contribution in [3.8, 4) is 0 Å². The fraction of sp³-hybridized carbons (Fsp3) is 0.222. The molecule has 0 aliphatic rings. The van der Waals surface area contributed by atoms with Gasteiger partial charge in [-0.05, 0) is 41.6 Å². The third-order valence-corrected chi connectivity index (χ3v) is 2.76. The fourth-order valence-corrected chi connectivity index (χ4v) is 1.58. The van der Waals surface area contributed by atoms with Gasteiger partial charge in [0.1, 0.15) is 0 Å². The number of carbonyl (C=O) groups is 1. The number of anilines is 1. The summed E-state index contributed by atoms with van der Waals surface area (Å²) >= 11 is 1.69. The average Bonchev–Trinajstić information content (AvgIpc) is 2.06. The molecule has 15 heavy (non-hydrogen) atoms. The molecule has 0 radical (unpaired) electrons. The maximum absolute atomic E-state index is 12.5. The highest BCUT2D eigenvalue weighted by Gasteiger charge is 2.35. The van der Waals surface area contributed by atoms with Crippen LogP contribution in [0.5, 0.6) is 0 Å². The van der Waals surface area contributed by atoms with Gasteiger partial charge in [-0.25, -0.2) is 0 Å². The van der Waals surface area contributed by atoms with Gasteiger partial charge in [0.25, 0.3) is 0 Å². The Morgan fingerprint density at radius 2 is 1.93 bits per heavy atom. The molecule has 0 aliphatic carbocycles. The standard InChI is InChI=1S/C9H7F3INO/c1-4(15)5-2-8(14)7(13)3-6(5)9(10,11)12/h2-3H,14H2,1H3. The van der Waals surface area contributed by atoms with Crippen LogP contribution in [0, 0.1) is 3.57 Å². The zero-order valence-electron chi connectivity index (χ0n) is 7.65. The molecule has 2 N–H and O–H groups in total. The Balaban J connectivity index is 3.49. The van der Waals surface area contributed by atoms with E-state index in [1.807, 2.05) is 0 Å². The normalized spacial score (nSPS) is 11.5. The molecule has 0 fully saturated rings. The number of hydrogen-bond donors (Lipinski definition) is 1. The zero-order valence-corrected chi connectivity index (χ0v) is 9.81. The highest BCUT2D eigenvalue weighted by atomic mass is 127. The number of benzene rings is 1. The lowest BCUT2D eigenvalue weighted by molar-refractivity contribution is -0.137. The molecule has 0 heterocycles. The maximum Gasteiger partial charge on any atom is 0.417 e. The van der Waals surface area contributed by atoms with Crippen LogP contribution < -0.4 is 5.73 Å². The van der Waals surface area contributed by atoms with Gasteiger partial charge >= 0.3 is 6.18 Å². The smallest absolute Gasteiger partial charge is 0.398 e. The number of carbonyl (C=O) groups excluding carboxylic acids is 1. The number of hydrogen-bond acceptors (Lipinski definition) is 2. The van der Waals surface area contributed by atoms with Crippen LogP contribution in [0.25, 0.3) is 0 Å². The summed E-state index contributed by atoms with van der Waals surface area (Å²) in [6, 6.07) is 1.94. The van der Waals surface area contributed by atoms with E-state index in [-0.39, 0.29) is 14.8 Å². The molecule has 1 rings (SSSR count). The molecule has 82 valence electrons. The third-order valence-electron chi connectivity index (χ3n) is 1.82. The van der Waals surface area contributed by atoms with E-state index in [0.717, 1.165) is 19.1 Å². The summed E-state index contributed by atoms with van der Waals surface area (Å²) in [6.45, 7) is 1.08. The van der Waals surface area contributed by atoms with E-state index in [0.29, 0.717) is 0 Å². The molecule has 0 aromatic heterocycles. The summed E-state index contributed by atoms with van der Waals surface area (Å²) in [5, 5.41) is 0. The molecule has 1 aromatic carbocycles. The van der Waals surface area contributed by atoms with Crippen LogP contribution in [-0.2, 0) is 6.18 Å². The Kier molecular flexibility index (Phi) is 3.27. The van der Waals surface area contributed by atoms with Gasteiger partial charge in [0.15, 0.2) is 5.78 Å². The predicted octanol–water partition coefficient (Wildman–Crippen LogP) is 3.09. The number of alkyl halides is 3. The summed E-state index contributed by atoms with van der Waals surface area (Å²) in [7, 11) is 0. The Hall–Kier alpha value is -0.790. The second-order valence-corrected chi connectivity index (χ2v) is 4.14. The first-order valence-electron chi connectivity index (χ1n) is 3.90. The second-order valence-electron chi connectivity index (χ2n) is 2.97. The van der Waals surface area contributed by atoms with Crippen LogP contribution in [0.2, 0.25) is 0 Å². The minimum Gasteiger partial charge on any atom is -0.398 e. The Morgan fingerprint density at radius 3 is 2.33 bits per heavy atom. The summed E-state index contributed by atoms with van der Waals surface area (Å²) in [5.74, 6) is -0.648. The number of nitrogens with two attached hydrogens (primary N) is 1. The van der Waals surface area contributed by atoms with Crippen molar-refractivity contribution in [2.24, 2.45) is 0 Å². The highest BCUT2D eigenvalue weighted by molar-refractivity contribution is 14.1. The van der Waals surface area contributed by atoms with Crippen LogP contribution in [0.1, 0.15) is 22.8 Å². The van der Waals surface area contributed by atoms with E-state index in [1.165, 1.54) is 0 Å². The van der Waals surface area contributed by atoms with Crippen molar-refractivity contribution in [3.63, 3.8) is 0 Å². The summed E-state index contributed by atoms with van der Waals surface area (Å²) in [4.78, 5) is 11.0. The van der Waals surface area contributed by atoms with Crippen LogP contribution in [0.15, 0.2) is 12.1 Å². The van der Waals surface area contributed by atoms with Crippen molar-refractivity contribution in [3.05, 3.63) is 26.8 Å². The Bertz CT molecular complexity index is 415. The summed E-state index contributed by atoms with van der Waals surface area (Å²) in [5.41, 5.74) is 4.29. The predicted molar refractivity (Wildman–Crippen MR) is 58.6 cm³/mol. The van der Waals surface area contributed by atoms with E-state index >= 15 is 0 Å². The number of rotatable bonds is 1. The topological polar surface area (TPSA) is 43.1 Å².